The van der Waals surface area contributed by atoms with Gasteiger partial charge < -0.3 is 14.9 Å². The number of fused-ring (bicyclic) bond motifs is 4. The summed E-state index contributed by atoms with van der Waals surface area (Å²) in [6.07, 6.45) is 0. The molecule has 5 rings (SSSR count). The highest BCUT2D eigenvalue weighted by molar-refractivity contribution is 6.24. The average Bonchev–Trinajstić information content (AvgIpc) is 3.16. The van der Waals surface area contributed by atoms with Crippen LogP contribution < -0.4 is 10.2 Å². The highest BCUT2D eigenvalue weighted by Gasteiger charge is 2.27. The van der Waals surface area contributed by atoms with E-state index in [2.05, 4.69) is 10.5 Å². The zero-order valence-corrected chi connectivity index (χ0v) is 17.5. The number of carbonyl (C=O) groups excluding carboxylic acids is 3. The van der Waals surface area contributed by atoms with E-state index in [0.717, 1.165) is 22.3 Å². The monoisotopic (exact) mass is 441 g/mol. The zero-order chi connectivity index (χ0) is 22.8. The van der Waals surface area contributed by atoms with Crippen molar-refractivity contribution in [2.45, 2.75) is 0 Å². The topological polar surface area (TPSA) is 97.3 Å². The molecule has 1 heterocycles. The molecule has 1 N–H and O–H groups in total. The quantitative estimate of drug-likeness (QED) is 0.379. The van der Waals surface area contributed by atoms with Crippen molar-refractivity contribution in [2.75, 3.05) is 30.0 Å². The molecule has 1 aliphatic heterocycles. The van der Waals surface area contributed by atoms with E-state index in [9.17, 15) is 14.4 Å². The summed E-state index contributed by atoms with van der Waals surface area (Å²) in [7, 11) is 0. The molecular weight excluding hydrogens is 422 g/mol. The van der Waals surface area contributed by atoms with Crippen molar-refractivity contribution in [3.8, 4) is 11.1 Å². The van der Waals surface area contributed by atoms with Gasteiger partial charge in [0.15, 0.2) is 6.61 Å². The van der Waals surface area contributed by atoms with Gasteiger partial charge in [0.1, 0.15) is 12.3 Å². The van der Waals surface area contributed by atoms with E-state index < -0.39 is 25.1 Å². The summed E-state index contributed by atoms with van der Waals surface area (Å²) in [5.41, 5.74) is 5.67. The third kappa shape index (κ3) is 3.94. The number of rotatable bonds is 5. The Morgan fingerprint density at radius 2 is 1.45 bits per heavy atom. The SMILES string of the molecule is O=C1CN(C(=O)COC(=O)CON=C2c3ccccc3-c3ccccc32)c2ccccc2N1. The summed E-state index contributed by atoms with van der Waals surface area (Å²) >= 11 is 0. The molecule has 0 fully saturated rings. The minimum absolute atomic E-state index is 0.142. The van der Waals surface area contributed by atoms with Gasteiger partial charge in [0, 0.05) is 11.1 Å². The predicted octanol–water partition coefficient (Wildman–Crippen LogP) is 2.96. The van der Waals surface area contributed by atoms with Crippen LogP contribution in [0.15, 0.2) is 78.0 Å². The summed E-state index contributed by atoms with van der Waals surface area (Å²) in [6, 6.07) is 22.6. The van der Waals surface area contributed by atoms with Crippen molar-refractivity contribution < 1.29 is 24.0 Å². The van der Waals surface area contributed by atoms with E-state index in [0.29, 0.717) is 17.1 Å². The van der Waals surface area contributed by atoms with Crippen LogP contribution in [0.3, 0.4) is 0 Å². The summed E-state index contributed by atoms with van der Waals surface area (Å²) in [6.45, 7) is -1.10. The summed E-state index contributed by atoms with van der Waals surface area (Å²) in [5, 5.41) is 6.87. The third-order valence-corrected chi connectivity index (χ3v) is 5.42. The fourth-order valence-corrected chi connectivity index (χ4v) is 3.96. The Hall–Kier alpha value is -4.46. The van der Waals surface area contributed by atoms with Crippen molar-refractivity contribution in [2.24, 2.45) is 5.16 Å². The second kappa shape index (κ2) is 8.58. The van der Waals surface area contributed by atoms with Gasteiger partial charge in [-0.2, -0.15) is 0 Å². The van der Waals surface area contributed by atoms with E-state index in [-0.39, 0.29) is 12.5 Å². The van der Waals surface area contributed by atoms with E-state index >= 15 is 0 Å². The average molecular weight is 441 g/mol. The highest BCUT2D eigenvalue weighted by atomic mass is 16.7. The fourth-order valence-electron chi connectivity index (χ4n) is 3.96. The highest BCUT2D eigenvalue weighted by Crippen LogP contribution is 2.36. The first-order valence-electron chi connectivity index (χ1n) is 10.4. The minimum atomic E-state index is -0.734. The second-order valence-electron chi connectivity index (χ2n) is 7.51. The maximum atomic E-state index is 12.6. The fraction of sp³-hybridized carbons (Fsp3) is 0.120. The molecule has 0 unspecified atom stereocenters. The van der Waals surface area contributed by atoms with Crippen molar-refractivity contribution >= 4 is 34.9 Å². The van der Waals surface area contributed by atoms with Gasteiger partial charge in [0.25, 0.3) is 5.91 Å². The molecule has 0 radical (unpaired) electrons. The molecule has 3 aromatic carbocycles. The lowest BCUT2D eigenvalue weighted by Crippen LogP contribution is -2.44. The molecule has 1 aliphatic carbocycles. The molecule has 2 amide bonds. The van der Waals surface area contributed by atoms with Gasteiger partial charge in [-0.15, -0.1) is 0 Å². The van der Waals surface area contributed by atoms with Crippen LogP contribution in [0, 0.1) is 0 Å². The molecule has 8 heteroatoms. The maximum Gasteiger partial charge on any atom is 0.347 e. The van der Waals surface area contributed by atoms with Crippen molar-refractivity contribution in [3.63, 3.8) is 0 Å². The van der Waals surface area contributed by atoms with Crippen molar-refractivity contribution in [3.05, 3.63) is 83.9 Å². The van der Waals surface area contributed by atoms with Crippen LogP contribution in [-0.2, 0) is 24.0 Å². The van der Waals surface area contributed by atoms with Crippen LogP contribution in [0.2, 0.25) is 0 Å². The molecule has 3 aromatic rings. The number of amides is 2. The number of hydrogen-bond donors (Lipinski definition) is 1. The maximum absolute atomic E-state index is 12.6. The number of benzene rings is 3. The third-order valence-electron chi connectivity index (χ3n) is 5.42. The van der Waals surface area contributed by atoms with Crippen LogP contribution in [0.1, 0.15) is 11.1 Å². The van der Waals surface area contributed by atoms with E-state index in [1.54, 1.807) is 24.3 Å². The molecule has 0 saturated carbocycles. The minimum Gasteiger partial charge on any atom is -0.453 e. The number of nitrogens with one attached hydrogen (secondary N) is 1. The molecule has 164 valence electrons. The number of para-hydroxylation sites is 2. The van der Waals surface area contributed by atoms with Crippen LogP contribution >= 0.6 is 0 Å². The second-order valence-corrected chi connectivity index (χ2v) is 7.51. The summed E-state index contributed by atoms with van der Waals surface area (Å²) in [4.78, 5) is 43.1. The van der Waals surface area contributed by atoms with E-state index in [4.69, 9.17) is 9.57 Å². The summed E-state index contributed by atoms with van der Waals surface area (Å²) < 4.78 is 5.05. The first kappa shape index (κ1) is 20.4. The predicted molar refractivity (Wildman–Crippen MR) is 122 cm³/mol. The standard InChI is InChI=1S/C25H19N3O5/c29-22-13-28(21-12-6-5-11-20(21)26-22)23(30)14-32-24(31)15-33-27-25-18-9-3-1-7-16(18)17-8-2-4-10-19(17)25/h1-12H,13-15H2,(H,26,29). The van der Waals surface area contributed by atoms with Crippen LogP contribution in [-0.4, -0.2) is 43.3 Å². The van der Waals surface area contributed by atoms with Crippen LogP contribution in [0.25, 0.3) is 11.1 Å². The Bertz CT molecular complexity index is 1250. The molecular formula is C25H19N3O5. The number of ether oxygens (including phenoxy) is 1. The lowest BCUT2D eigenvalue weighted by atomic mass is 10.1. The first-order valence-corrected chi connectivity index (χ1v) is 10.4. The zero-order valence-electron chi connectivity index (χ0n) is 17.5. The van der Waals surface area contributed by atoms with Gasteiger partial charge in [-0.25, -0.2) is 4.79 Å². The van der Waals surface area contributed by atoms with Gasteiger partial charge in [0.05, 0.1) is 11.4 Å². The largest absolute Gasteiger partial charge is 0.453 e. The molecule has 0 atom stereocenters. The number of carbonyl (C=O) groups is 3. The number of oxime groups is 1. The van der Waals surface area contributed by atoms with Gasteiger partial charge in [0.2, 0.25) is 12.5 Å². The Morgan fingerprint density at radius 1 is 0.848 bits per heavy atom. The molecule has 0 aromatic heterocycles. The Kier molecular flexibility index (Phi) is 5.32. The molecule has 2 aliphatic rings. The lowest BCUT2D eigenvalue weighted by molar-refractivity contribution is -0.152. The van der Waals surface area contributed by atoms with Crippen LogP contribution in [0.5, 0.6) is 0 Å². The van der Waals surface area contributed by atoms with Gasteiger partial charge >= 0.3 is 5.97 Å². The first-order chi connectivity index (χ1) is 16.1. The molecule has 0 saturated heterocycles. The number of esters is 1. The van der Waals surface area contributed by atoms with Crippen molar-refractivity contribution in [1.29, 1.82) is 0 Å². The number of hydrogen-bond acceptors (Lipinski definition) is 6. The number of anilines is 2. The smallest absolute Gasteiger partial charge is 0.347 e. The normalized spacial score (nSPS) is 13.4. The molecule has 33 heavy (non-hydrogen) atoms. The van der Waals surface area contributed by atoms with E-state index in [1.165, 1.54) is 4.90 Å². The van der Waals surface area contributed by atoms with Crippen molar-refractivity contribution in [1.82, 2.24) is 0 Å². The Balaban J connectivity index is 1.21. The number of nitrogens with zero attached hydrogens (tertiary/aromatic N) is 2. The van der Waals surface area contributed by atoms with Gasteiger partial charge in [-0.1, -0.05) is 65.8 Å². The molecule has 0 spiro atoms. The Morgan fingerprint density at radius 3 is 2.15 bits per heavy atom. The van der Waals surface area contributed by atoms with Gasteiger partial charge in [-0.3, -0.25) is 14.5 Å². The lowest BCUT2D eigenvalue weighted by Gasteiger charge is -2.28. The van der Waals surface area contributed by atoms with Gasteiger partial charge in [-0.05, 0) is 23.3 Å². The molecule has 0 bridgehead atoms. The summed E-state index contributed by atoms with van der Waals surface area (Å²) in [5.74, 6) is -1.55. The van der Waals surface area contributed by atoms with Crippen LogP contribution in [0.4, 0.5) is 11.4 Å². The molecule has 8 nitrogen and oxygen atoms in total. The van der Waals surface area contributed by atoms with E-state index in [1.807, 2.05) is 48.5 Å². The Labute approximate surface area is 189 Å².